The zero-order valence-electron chi connectivity index (χ0n) is 17.9. The number of methoxy groups -OCH3 is 2. The van der Waals surface area contributed by atoms with E-state index in [-0.39, 0.29) is 35.0 Å². The molecule has 30 heavy (non-hydrogen) atoms. The van der Waals surface area contributed by atoms with Crippen molar-refractivity contribution in [3.05, 3.63) is 46.8 Å². The number of esters is 1. The van der Waals surface area contributed by atoms with Crippen molar-refractivity contribution in [1.29, 1.82) is 0 Å². The molecule has 0 atom stereocenters. The molecule has 1 heterocycles. The van der Waals surface area contributed by atoms with Crippen molar-refractivity contribution in [1.82, 2.24) is 9.88 Å². The Hall–Kier alpha value is -3.62. The molecule has 2 amide bonds. The van der Waals surface area contributed by atoms with Crippen LogP contribution in [0.5, 0.6) is 11.5 Å². The molecule has 1 N–H and O–H groups in total. The Morgan fingerprint density at radius 1 is 1.03 bits per heavy atom. The fourth-order valence-corrected chi connectivity index (χ4v) is 2.70. The number of carbonyl (C=O) groups excluding carboxylic acids is 3. The summed E-state index contributed by atoms with van der Waals surface area (Å²) < 4.78 is 15.5. The average Bonchev–Trinajstić information content (AvgIpc) is 2.72. The molecule has 0 saturated carbocycles. The second-order valence-electron chi connectivity index (χ2n) is 6.46. The van der Waals surface area contributed by atoms with E-state index < -0.39 is 11.9 Å². The van der Waals surface area contributed by atoms with Crippen LogP contribution in [0.1, 0.15) is 43.8 Å². The lowest BCUT2D eigenvalue weighted by molar-refractivity contribution is 0.0524. The van der Waals surface area contributed by atoms with E-state index in [1.165, 1.54) is 43.4 Å². The highest BCUT2D eigenvalue weighted by Crippen LogP contribution is 2.34. The number of amides is 2. The molecule has 2 aromatic rings. The summed E-state index contributed by atoms with van der Waals surface area (Å²) in [5.74, 6) is -0.673. The van der Waals surface area contributed by atoms with Crippen molar-refractivity contribution in [2.24, 2.45) is 0 Å². The molecule has 1 aromatic heterocycles. The molecule has 1 aromatic carbocycles. The lowest BCUT2D eigenvalue weighted by Crippen LogP contribution is -2.24. The molecule has 9 heteroatoms. The number of aryl methyl sites for hydroxylation is 1. The summed E-state index contributed by atoms with van der Waals surface area (Å²) in [7, 11) is 6.11. The number of nitrogens with one attached hydrogen (secondary N) is 1. The number of pyridine rings is 1. The fraction of sp³-hybridized carbons (Fsp3) is 0.333. The minimum atomic E-state index is -0.548. The van der Waals surface area contributed by atoms with Crippen molar-refractivity contribution < 1.29 is 28.6 Å². The van der Waals surface area contributed by atoms with Gasteiger partial charge < -0.3 is 24.4 Å². The fourth-order valence-electron chi connectivity index (χ4n) is 2.70. The Bertz CT molecular complexity index is 971. The van der Waals surface area contributed by atoms with Crippen LogP contribution in [0, 0.1) is 6.92 Å². The van der Waals surface area contributed by atoms with Gasteiger partial charge in [0.2, 0.25) is 0 Å². The molecule has 0 spiro atoms. The third kappa shape index (κ3) is 4.86. The highest BCUT2D eigenvalue weighted by molar-refractivity contribution is 6.09. The molecule has 2 rings (SSSR count). The van der Waals surface area contributed by atoms with E-state index in [9.17, 15) is 14.4 Å². The first-order valence-corrected chi connectivity index (χ1v) is 9.17. The van der Waals surface area contributed by atoms with E-state index >= 15 is 0 Å². The van der Waals surface area contributed by atoms with Gasteiger partial charge in [0, 0.05) is 20.2 Å². The Balaban J connectivity index is 2.41. The van der Waals surface area contributed by atoms with E-state index in [1.54, 1.807) is 27.9 Å². The third-order valence-corrected chi connectivity index (χ3v) is 4.22. The van der Waals surface area contributed by atoms with Crippen LogP contribution in [0.2, 0.25) is 0 Å². The minimum Gasteiger partial charge on any atom is -0.493 e. The number of rotatable bonds is 7. The summed E-state index contributed by atoms with van der Waals surface area (Å²) in [6, 6.07) is 5.91. The van der Waals surface area contributed by atoms with Crippen molar-refractivity contribution in [3.8, 4) is 11.5 Å². The Kier molecular flexibility index (Phi) is 7.35. The van der Waals surface area contributed by atoms with E-state index in [0.29, 0.717) is 17.2 Å². The van der Waals surface area contributed by atoms with Crippen LogP contribution in [0.3, 0.4) is 0 Å². The molecule has 0 aliphatic rings. The van der Waals surface area contributed by atoms with Gasteiger partial charge in [-0.25, -0.2) is 9.78 Å². The molecule has 0 saturated heterocycles. The van der Waals surface area contributed by atoms with E-state index in [0.717, 1.165) is 0 Å². The molecule has 0 aliphatic heterocycles. The lowest BCUT2D eigenvalue weighted by Gasteiger charge is -2.18. The molecule has 0 bridgehead atoms. The summed E-state index contributed by atoms with van der Waals surface area (Å²) in [6.07, 6.45) is 0. The zero-order chi connectivity index (χ0) is 22.4. The van der Waals surface area contributed by atoms with Crippen LogP contribution in [-0.2, 0) is 4.74 Å². The Labute approximate surface area is 174 Å². The van der Waals surface area contributed by atoms with Gasteiger partial charge in [0.25, 0.3) is 11.8 Å². The van der Waals surface area contributed by atoms with Gasteiger partial charge in [0.05, 0.1) is 43.3 Å². The van der Waals surface area contributed by atoms with Gasteiger partial charge in [-0.05, 0) is 32.0 Å². The van der Waals surface area contributed by atoms with Gasteiger partial charge in [0.1, 0.15) is 5.69 Å². The summed E-state index contributed by atoms with van der Waals surface area (Å²) >= 11 is 0. The van der Waals surface area contributed by atoms with Gasteiger partial charge in [-0.1, -0.05) is 0 Å². The SMILES string of the molecule is CCOC(=O)c1ccc(C(=O)Nc2cc(OC)c(OC)cc2C(=O)N(C)C)nc1C. The number of hydrogen-bond donors (Lipinski definition) is 1. The van der Waals surface area contributed by atoms with Crippen molar-refractivity contribution in [2.45, 2.75) is 13.8 Å². The van der Waals surface area contributed by atoms with Crippen molar-refractivity contribution in [3.63, 3.8) is 0 Å². The molecule has 0 unspecified atom stereocenters. The predicted molar refractivity (Wildman–Crippen MR) is 110 cm³/mol. The zero-order valence-corrected chi connectivity index (χ0v) is 17.9. The van der Waals surface area contributed by atoms with Crippen LogP contribution in [-0.4, -0.2) is 62.6 Å². The normalized spacial score (nSPS) is 10.2. The van der Waals surface area contributed by atoms with Gasteiger partial charge in [-0.15, -0.1) is 0 Å². The quantitative estimate of drug-likeness (QED) is 0.693. The maximum absolute atomic E-state index is 12.8. The maximum atomic E-state index is 12.8. The first-order valence-electron chi connectivity index (χ1n) is 9.17. The third-order valence-electron chi connectivity index (χ3n) is 4.22. The smallest absolute Gasteiger partial charge is 0.339 e. The summed E-state index contributed by atoms with van der Waals surface area (Å²) in [5, 5.41) is 2.69. The second kappa shape index (κ2) is 9.73. The summed E-state index contributed by atoms with van der Waals surface area (Å²) in [5.41, 5.74) is 1.19. The topological polar surface area (TPSA) is 107 Å². The lowest BCUT2D eigenvalue weighted by atomic mass is 10.1. The van der Waals surface area contributed by atoms with Crippen LogP contribution in [0.25, 0.3) is 0 Å². The highest BCUT2D eigenvalue weighted by Gasteiger charge is 2.21. The molecular weight excluding hydrogens is 390 g/mol. The monoisotopic (exact) mass is 415 g/mol. The molecule has 9 nitrogen and oxygen atoms in total. The van der Waals surface area contributed by atoms with Gasteiger partial charge >= 0.3 is 5.97 Å². The number of anilines is 1. The molecule has 160 valence electrons. The number of aromatic nitrogens is 1. The van der Waals surface area contributed by atoms with Crippen LogP contribution in [0.15, 0.2) is 24.3 Å². The number of hydrogen-bond acceptors (Lipinski definition) is 7. The maximum Gasteiger partial charge on any atom is 0.339 e. The molecule has 0 fully saturated rings. The number of carbonyl (C=O) groups is 3. The van der Waals surface area contributed by atoms with E-state index in [1.807, 2.05) is 0 Å². The average molecular weight is 415 g/mol. The Morgan fingerprint density at radius 2 is 1.67 bits per heavy atom. The number of ether oxygens (including phenoxy) is 3. The van der Waals surface area contributed by atoms with Gasteiger partial charge in [-0.2, -0.15) is 0 Å². The first kappa shape index (κ1) is 22.7. The second-order valence-corrected chi connectivity index (χ2v) is 6.46. The largest absolute Gasteiger partial charge is 0.493 e. The minimum absolute atomic E-state index is 0.0820. The summed E-state index contributed by atoms with van der Waals surface area (Å²) in [6.45, 7) is 3.56. The van der Waals surface area contributed by atoms with Gasteiger partial charge in [0.15, 0.2) is 11.5 Å². The number of nitrogens with zero attached hydrogens (tertiary/aromatic N) is 2. The molecule has 0 aliphatic carbocycles. The number of benzene rings is 1. The first-order chi connectivity index (χ1) is 14.2. The van der Waals surface area contributed by atoms with Crippen LogP contribution < -0.4 is 14.8 Å². The van der Waals surface area contributed by atoms with Crippen molar-refractivity contribution in [2.75, 3.05) is 40.2 Å². The van der Waals surface area contributed by atoms with E-state index in [2.05, 4.69) is 10.3 Å². The highest BCUT2D eigenvalue weighted by atomic mass is 16.5. The van der Waals surface area contributed by atoms with Crippen LogP contribution in [0.4, 0.5) is 5.69 Å². The van der Waals surface area contributed by atoms with Gasteiger partial charge in [-0.3, -0.25) is 9.59 Å². The van der Waals surface area contributed by atoms with Crippen molar-refractivity contribution >= 4 is 23.5 Å². The molecular formula is C21H25N3O6. The standard InChI is InChI=1S/C21H25N3O6/c1-7-30-21(27)13-8-9-15(22-12(13)2)19(25)23-16-11-18(29-6)17(28-5)10-14(16)20(26)24(3)4/h8-11H,7H2,1-6H3,(H,23,25). The Morgan fingerprint density at radius 3 is 2.20 bits per heavy atom. The summed E-state index contributed by atoms with van der Waals surface area (Å²) in [4.78, 5) is 42.9. The van der Waals surface area contributed by atoms with E-state index in [4.69, 9.17) is 14.2 Å². The van der Waals surface area contributed by atoms with Crippen LogP contribution >= 0.6 is 0 Å². The molecule has 0 radical (unpaired) electrons. The predicted octanol–water partition coefficient (Wildman–Crippen LogP) is 2.54.